The van der Waals surface area contributed by atoms with E-state index in [-0.39, 0.29) is 12.0 Å². The molecule has 24 heavy (non-hydrogen) atoms. The Labute approximate surface area is 144 Å². The quantitative estimate of drug-likeness (QED) is 0.878. The van der Waals surface area contributed by atoms with Crippen molar-refractivity contribution < 1.29 is 14.1 Å². The predicted octanol–water partition coefficient (Wildman–Crippen LogP) is 1.32. The molecule has 2 aliphatic rings. The van der Waals surface area contributed by atoms with Crippen LogP contribution in [0.3, 0.4) is 0 Å². The SMILES string of the molecule is Cc1cc(CN2C[C@H]3[C@H](CNC(=O)c4cscn4)CO[C@H]3C2)no1. The molecule has 4 heterocycles. The van der Waals surface area contributed by atoms with Gasteiger partial charge < -0.3 is 14.6 Å². The zero-order valence-corrected chi connectivity index (χ0v) is 14.3. The molecule has 0 aliphatic carbocycles. The summed E-state index contributed by atoms with van der Waals surface area (Å²) in [6.07, 6.45) is 0.249. The van der Waals surface area contributed by atoms with E-state index >= 15 is 0 Å². The first kappa shape index (κ1) is 15.7. The molecular formula is C16H20N4O3S. The maximum Gasteiger partial charge on any atom is 0.270 e. The lowest BCUT2D eigenvalue weighted by Crippen LogP contribution is -2.34. The molecule has 3 atom stereocenters. The van der Waals surface area contributed by atoms with Crippen LogP contribution in [0.1, 0.15) is 21.9 Å². The third-order valence-corrected chi connectivity index (χ3v) is 5.35. The van der Waals surface area contributed by atoms with Gasteiger partial charge in [-0.15, -0.1) is 11.3 Å². The Kier molecular flexibility index (Phi) is 4.34. The molecular weight excluding hydrogens is 328 g/mol. The number of nitrogens with one attached hydrogen (secondary N) is 1. The number of aromatic nitrogens is 2. The van der Waals surface area contributed by atoms with Crippen molar-refractivity contribution in [3.05, 3.63) is 34.1 Å². The second-order valence-electron chi connectivity index (χ2n) is 6.50. The summed E-state index contributed by atoms with van der Waals surface area (Å²) in [4.78, 5) is 18.4. The third kappa shape index (κ3) is 3.22. The van der Waals surface area contributed by atoms with Crippen molar-refractivity contribution >= 4 is 17.2 Å². The molecule has 0 spiro atoms. The van der Waals surface area contributed by atoms with Gasteiger partial charge >= 0.3 is 0 Å². The number of hydrogen-bond donors (Lipinski definition) is 1. The van der Waals surface area contributed by atoms with E-state index in [0.717, 1.165) is 31.1 Å². The predicted molar refractivity (Wildman–Crippen MR) is 87.7 cm³/mol. The Hall–Kier alpha value is -1.77. The second kappa shape index (κ2) is 6.62. The van der Waals surface area contributed by atoms with Gasteiger partial charge in [-0.2, -0.15) is 0 Å². The summed E-state index contributed by atoms with van der Waals surface area (Å²) in [7, 11) is 0. The van der Waals surface area contributed by atoms with Gasteiger partial charge in [0.2, 0.25) is 0 Å². The van der Waals surface area contributed by atoms with Gasteiger partial charge in [-0.1, -0.05) is 5.16 Å². The summed E-state index contributed by atoms with van der Waals surface area (Å²) in [5.41, 5.74) is 3.12. The summed E-state index contributed by atoms with van der Waals surface area (Å²) in [5.74, 6) is 1.53. The van der Waals surface area contributed by atoms with E-state index < -0.39 is 0 Å². The topological polar surface area (TPSA) is 80.5 Å². The molecule has 8 heteroatoms. The summed E-state index contributed by atoms with van der Waals surface area (Å²) in [5, 5.41) is 8.81. The van der Waals surface area contributed by atoms with Crippen LogP contribution < -0.4 is 5.32 Å². The molecule has 1 amide bonds. The number of carbonyl (C=O) groups is 1. The molecule has 1 N–H and O–H groups in total. The maximum atomic E-state index is 12.0. The Morgan fingerprint density at radius 2 is 2.42 bits per heavy atom. The van der Waals surface area contributed by atoms with E-state index in [2.05, 4.69) is 20.4 Å². The Morgan fingerprint density at radius 3 is 3.17 bits per heavy atom. The molecule has 0 radical (unpaired) electrons. The van der Waals surface area contributed by atoms with Gasteiger partial charge in [0.05, 0.1) is 23.9 Å². The number of likely N-dealkylation sites (tertiary alicyclic amines) is 1. The van der Waals surface area contributed by atoms with Crippen molar-refractivity contribution in [2.75, 3.05) is 26.2 Å². The first-order chi connectivity index (χ1) is 11.7. The number of nitrogens with zero attached hydrogens (tertiary/aromatic N) is 3. The standard InChI is InChI=1S/C16H20N4O3S/c1-10-2-12(19-23-10)4-20-5-13-11(7-22-15(13)6-20)3-17-16(21)14-8-24-9-18-14/h2,8-9,11,13,15H,3-7H2,1H3,(H,17,21)/t11-,13+,15+/m1/s1. The van der Waals surface area contributed by atoms with Crippen LogP contribution in [-0.4, -0.2) is 53.3 Å². The van der Waals surface area contributed by atoms with Gasteiger partial charge in [-0.3, -0.25) is 9.69 Å². The molecule has 0 unspecified atom stereocenters. The second-order valence-corrected chi connectivity index (χ2v) is 7.22. The van der Waals surface area contributed by atoms with Crippen molar-refractivity contribution in [3.63, 3.8) is 0 Å². The monoisotopic (exact) mass is 348 g/mol. The van der Waals surface area contributed by atoms with Crippen LogP contribution >= 0.6 is 11.3 Å². The van der Waals surface area contributed by atoms with E-state index in [9.17, 15) is 4.79 Å². The minimum Gasteiger partial charge on any atom is -0.376 e. The zero-order valence-electron chi connectivity index (χ0n) is 13.5. The smallest absolute Gasteiger partial charge is 0.270 e. The average molecular weight is 348 g/mol. The van der Waals surface area contributed by atoms with E-state index in [1.807, 2.05) is 13.0 Å². The summed E-state index contributed by atoms with van der Waals surface area (Å²) >= 11 is 1.43. The molecule has 0 aromatic carbocycles. The average Bonchev–Trinajstić information content (AvgIpc) is 3.30. The normalized spacial score (nSPS) is 26.6. The zero-order chi connectivity index (χ0) is 16.5. The first-order valence-corrected chi connectivity index (χ1v) is 9.06. The van der Waals surface area contributed by atoms with Gasteiger partial charge in [0.15, 0.2) is 0 Å². The molecule has 2 fully saturated rings. The van der Waals surface area contributed by atoms with Crippen LogP contribution in [0, 0.1) is 18.8 Å². The number of thiazole rings is 1. The van der Waals surface area contributed by atoms with Crippen molar-refractivity contribution in [2.45, 2.75) is 19.6 Å². The van der Waals surface area contributed by atoms with Crippen LogP contribution in [0.15, 0.2) is 21.5 Å². The number of ether oxygens (including phenoxy) is 1. The van der Waals surface area contributed by atoms with Gasteiger partial charge in [0.1, 0.15) is 11.5 Å². The molecule has 4 rings (SSSR count). The Bertz CT molecular complexity index is 702. The molecule has 2 aromatic rings. The lowest BCUT2D eigenvalue weighted by molar-refractivity contribution is 0.0899. The fourth-order valence-corrected chi connectivity index (χ4v) is 4.11. The number of amides is 1. The molecule has 0 saturated carbocycles. The highest BCUT2D eigenvalue weighted by Gasteiger charge is 2.43. The van der Waals surface area contributed by atoms with Gasteiger partial charge in [-0.05, 0) is 6.92 Å². The Morgan fingerprint density at radius 1 is 1.50 bits per heavy atom. The van der Waals surface area contributed by atoms with Gasteiger partial charge in [0, 0.05) is 49.5 Å². The van der Waals surface area contributed by atoms with E-state index in [0.29, 0.717) is 30.7 Å². The highest BCUT2D eigenvalue weighted by molar-refractivity contribution is 7.07. The maximum absolute atomic E-state index is 12.0. The van der Waals surface area contributed by atoms with E-state index in [1.165, 1.54) is 11.3 Å². The summed E-state index contributed by atoms with van der Waals surface area (Å²) < 4.78 is 11.1. The van der Waals surface area contributed by atoms with Crippen molar-refractivity contribution in [3.8, 4) is 0 Å². The third-order valence-electron chi connectivity index (χ3n) is 4.77. The van der Waals surface area contributed by atoms with Crippen LogP contribution in [0.5, 0.6) is 0 Å². The first-order valence-electron chi connectivity index (χ1n) is 8.11. The van der Waals surface area contributed by atoms with Crippen LogP contribution in [0.25, 0.3) is 0 Å². The highest BCUT2D eigenvalue weighted by atomic mass is 32.1. The number of rotatable bonds is 5. The lowest BCUT2D eigenvalue weighted by Gasteiger charge is -2.19. The lowest BCUT2D eigenvalue weighted by atomic mass is 9.93. The molecule has 7 nitrogen and oxygen atoms in total. The van der Waals surface area contributed by atoms with Crippen LogP contribution in [0.2, 0.25) is 0 Å². The molecule has 2 aromatic heterocycles. The highest BCUT2D eigenvalue weighted by Crippen LogP contribution is 2.34. The minimum absolute atomic E-state index is 0.104. The molecule has 2 aliphatic heterocycles. The number of carbonyl (C=O) groups excluding carboxylic acids is 1. The summed E-state index contributed by atoms with van der Waals surface area (Å²) in [6, 6.07) is 1.97. The number of fused-ring (bicyclic) bond motifs is 1. The Balaban J connectivity index is 1.30. The molecule has 2 saturated heterocycles. The van der Waals surface area contributed by atoms with E-state index in [1.54, 1.807) is 10.9 Å². The van der Waals surface area contributed by atoms with Gasteiger partial charge in [-0.25, -0.2) is 4.98 Å². The number of aryl methyl sites for hydroxylation is 1. The largest absolute Gasteiger partial charge is 0.376 e. The van der Waals surface area contributed by atoms with Crippen LogP contribution in [-0.2, 0) is 11.3 Å². The molecule has 128 valence electrons. The fraction of sp³-hybridized carbons (Fsp3) is 0.562. The molecule has 0 bridgehead atoms. The van der Waals surface area contributed by atoms with Crippen molar-refractivity contribution in [1.82, 2.24) is 20.4 Å². The van der Waals surface area contributed by atoms with Gasteiger partial charge in [0.25, 0.3) is 5.91 Å². The van der Waals surface area contributed by atoms with Crippen molar-refractivity contribution in [1.29, 1.82) is 0 Å². The van der Waals surface area contributed by atoms with Crippen LogP contribution in [0.4, 0.5) is 0 Å². The summed E-state index contributed by atoms with van der Waals surface area (Å²) in [6.45, 7) is 5.91. The fourth-order valence-electron chi connectivity index (χ4n) is 3.58. The number of hydrogen-bond acceptors (Lipinski definition) is 7. The minimum atomic E-state index is -0.104. The van der Waals surface area contributed by atoms with E-state index in [4.69, 9.17) is 9.26 Å². The van der Waals surface area contributed by atoms with Crippen molar-refractivity contribution in [2.24, 2.45) is 11.8 Å².